The van der Waals surface area contributed by atoms with Crippen molar-refractivity contribution >= 4 is 29.4 Å². The lowest BCUT2D eigenvalue weighted by atomic mass is 10.0. The second kappa shape index (κ2) is 7.96. The molecule has 1 fully saturated rings. The summed E-state index contributed by atoms with van der Waals surface area (Å²) < 4.78 is 34.4. The van der Waals surface area contributed by atoms with Crippen molar-refractivity contribution in [1.29, 1.82) is 0 Å². The van der Waals surface area contributed by atoms with Crippen molar-refractivity contribution in [2.75, 3.05) is 24.2 Å². The maximum atomic E-state index is 14.6. The number of rotatable bonds is 5. The molecule has 1 aliphatic heterocycles. The highest BCUT2D eigenvalue weighted by molar-refractivity contribution is 7.98. The number of benzene rings is 2. The summed E-state index contributed by atoms with van der Waals surface area (Å²) in [4.78, 5) is 25.1. The molecule has 0 saturated carbocycles. The number of ether oxygens (including phenoxy) is 1. The zero-order chi connectivity index (χ0) is 19.6. The molecule has 5 nitrogen and oxygen atoms in total. The van der Waals surface area contributed by atoms with Crippen LogP contribution in [0.25, 0.3) is 11.1 Å². The summed E-state index contributed by atoms with van der Waals surface area (Å²) in [5, 5.41) is 2.55. The smallest absolute Gasteiger partial charge is 0.414 e. The van der Waals surface area contributed by atoms with E-state index in [9.17, 15) is 18.4 Å². The fourth-order valence-corrected chi connectivity index (χ4v) is 3.25. The highest BCUT2D eigenvalue weighted by Gasteiger charge is 2.33. The molecular formula is C19H18F2N2O3S. The molecule has 3 rings (SSSR count). The maximum absolute atomic E-state index is 14.6. The third-order valence-electron chi connectivity index (χ3n) is 4.17. The summed E-state index contributed by atoms with van der Waals surface area (Å²) in [6.07, 6.45) is 0.631. The third kappa shape index (κ3) is 4.21. The summed E-state index contributed by atoms with van der Waals surface area (Å²) in [5.41, 5.74) is 0.348. The zero-order valence-electron chi connectivity index (χ0n) is 14.8. The molecule has 2 amide bonds. The fourth-order valence-electron chi connectivity index (χ4n) is 2.85. The minimum absolute atomic E-state index is 0.0739. The molecule has 0 unspecified atom stereocenters. The molecule has 0 aliphatic carbocycles. The SMILES string of the molecule is CSc1ccc(-c2c(F)cc(N3C[C@@H](CNC(C)=O)OC3=O)cc2F)cc1. The van der Waals surface area contributed by atoms with E-state index in [2.05, 4.69) is 5.32 Å². The van der Waals surface area contributed by atoms with Crippen LogP contribution in [0.2, 0.25) is 0 Å². The predicted octanol–water partition coefficient (Wildman–Crippen LogP) is 3.82. The second-order valence-electron chi connectivity index (χ2n) is 6.07. The first kappa shape index (κ1) is 19.2. The molecule has 0 radical (unpaired) electrons. The first-order valence-corrected chi connectivity index (χ1v) is 9.47. The van der Waals surface area contributed by atoms with Gasteiger partial charge in [0.25, 0.3) is 0 Å². The van der Waals surface area contributed by atoms with Crippen LogP contribution in [0.1, 0.15) is 6.92 Å². The van der Waals surface area contributed by atoms with Gasteiger partial charge in [-0.1, -0.05) is 12.1 Å². The van der Waals surface area contributed by atoms with Crippen LogP contribution in [0.4, 0.5) is 19.3 Å². The molecule has 1 aliphatic rings. The normalized spacial score (nSPS) is 16.4. The van der Waals surface area contributed by atoms with Gasteiger partial charge in [-0.05, 0) is 36.1 Å². The monoisotopic (exact) mass is 392 g/mol. The number of nitrogens with zero attached hydrogens (tertiary/aromatic N) is 1. The molecule has 1 heterocycles. The van der Waals surface area contributed by atoms with Gasteiger partial charge >= 0.3 is 6.09 Å². The molecule has 0 spiro atoms. The van der Waals surface area contributed by atoms with E-state index < -0.39 is 23.8 Å². The Bertz CT molecular complexity index is 851. The lowest BCUT2D eigenvalue weighted by molar-refractivity contribution is -0.119. The summed E-state index contributed by atoms with van der Waals surface area (Å²) in [5.74, 6) is -1.78. The predicted molar refractivity (Wildman–Crippen MR) is 99.9 cm³/mol. The van der Waals surface area contributed by atoms with E-state index in [4.69, 9.17) is 4.74 Å². The third-order valence-corrected chi connectivity index (χ3v) is 4.91. The van der Waals surface area contributed by atoms with E-state index in [-0.39, 0.29) is 30.2 Å². The number of carbonyl (C=O) groups excluding carboxylic acids is 2. The molecule has 27 heavy (non-hydrogen) atoms. The molecule has 0 bridgehead atoms. The molecule has 1 N–H and O–H groups in total. The van der Waals surface area contributed by atoms with Gasteiger partial charge in [0.1, 0.15) is 17.7 Å². The van der Waals surface area contributed by atoms with Gasteiger partial charge < -0.3 is 10.1 Å². The summed E-state index contributed by atoms with van der Waals surface area (Å²) in [6, 6.07) is 9.11. The first-order chi connectivity index (χ1) is 12.9. The standard InChI is InChI=1S/C19H18F2N2O3S/c1-11(24)22-9-14-10-23(19(25)26-14)13-7-16(20)18(17(21)8-13)12-3-5-15(27-2)6-4-12/h3-8,14H,9-10H2,1-2H3,(H,22,24)/t14-/m1/s1. The lowest BCUT2D eigenvalue weighted by Gasteiger charge is -2.15. The fraction of sp³-hybridized carbons (Fsp3) is 0.263. The number of amides is 2. The van der Waals surface area contributed by atoms with Crippen molar-refractivity contribution in [2.24, 2.45) is 0 Å². The van der Waals surface area contributed by atoms with Crippen molar-refractivity contribution in [3.63, 3.8) is 0 Å². The van der Waals surface area contributed by atoms with Crippen LogP contribution in [0, 0.1) is 11.6 Å². The Morgan fingerprint density at radius 2 is 1.89 bits per heavy atom. The maximum Gasteiger partial charge on any atom is 0.414 e. The van der Waals surface area contributed by atoms with Gasteiger partial charge in [0.2, 0.25) is 5.91 Å². The first-order valence-electron chi connectivity index (χ1n) is 8.25. The lowest BCUT2D eigenvalue weighted by Crippen LogP contribution is -2.33. The van der Waals surface area contributed by atoms with E-state index in [0.29, 0.717) is 5.56 Å². The van der Waals surface area contributed by atoms with Gasteiger partial charge in [-0.3, -0.25) is 9.69 Å². The number of hydrogen-bond acceptors (Lipinski definition) is 4. The zero-order valence-corrected chi connectivity index (χ0v) is 15.6. The van der Waals surface area contributed by atoms with Crippen LogP contribution >= 0.6 is 11.8 Å². The van der Waals surface area contributed by atoms with Crippen molar-refractivity contribution in [3.05, 3.63) is 48.0 Å². The Labute approximate surface area is 159 Å². The number of halogens is 2. The van der Waals surface area contributed by atoms with Gasteiger partial charge in [0, 0.05) is 11.8 Å². The minimum Gasteiger partial charge on any atom is -0.442 e. The van der Waals surface area contributed by atoms with E-state index in [1.165, 1.54) is 18.7 Å². The molecule has 142 valence electrons. The number of anilines is 1. The van der Waals surface area contributed by atoms with Gasteiger partial charge in [-0.2, -0.15) is 0 Å². The Morgan fingerprint density at radius 3 is 2.44 bits per heavy atom. The van der Waals surface area contributed by atoms with Crippen molar-refractivity contribution in [3.8, 4) is 11.1 Å². The van der Waals surface area contributed by atoms with Crippen LogP contribution in [-0.4, -0.2) is 37.4 Å². The quantitative estimate of drug-likeness (QED) is 0.786. The van der Waals surface area contributed by atoms with Crippen LogP contribution in [0.3, 0.4) is 0 Å². The molecule has 1 atom stereocenters. The van der Waals surface area contributed by atoms with Crippen LogP contribution < -0.4 is 10.2 Å². The Kier molecular flexibility index (Phi) is 5.65. The number of thioether (sulfide) groups is 1. The number of nitrogens with one attached hydrogen (secondary N) is 1. The highest BCUT2D eigenvalue weighted by Crippen LogP contribution is 2.32. The van der Waals surface area contributed by atoms with Crippen molar-refractivity contribution in [1.82, 2.24) is 5.32 Å². The molecule has 0 aromatic heterocycles. The van der Waals surface area contributed by atoms with E-state index in [1.807, 2.05) is 6.26 Å². The number of hydrogen-bond donors (Lipinski definition) is 1. The van der Waals surface area contributed by atoms with E-state index in [1.54, 1.807) is 24.3 Å². The van der Waals surface area contributed by atoms with Crippen LogP contribution in [-0.2, 0) is 9.53 Å². The molecule has 8 heteroatoms. The Balaban J connectivity index is 1.84. The number of cyclic esters (lactones) is 1. The molecular weight excluding hydrogens is 374 g/mol. The van der Waals surface area contributed by atoms with Gasteiger partial charge in [-0.15, -0.1) is 11.8 Å². The molecule has 2 aromatic carbocycles. The molecule has 1 saturated heterocycles. The topological polar surface area (TPSA) is 58.6 Å². The molecule has 2 aromatic rings. The Hall–Kier alpha value is -2.61. The largest absolute Gasteiger partial charge is 0.442 e. The minimum atomic E-state index is -0.764. The van der Waals surface area contributed by atoms with Gasteiger partial charge in [0.05, 0.1) is 24.3 Å². The van der Waals surface area contributed by atoms with Crippen molar-refractivity contribution < 1.29 is 23.1 Å². The van der Waals surface area contributed by atoms with Crippen LogP contribution in [0.15, 0.2) is 41.3 Å². The summed E-state index contributed by atoms with van der Waals surface area (Å²) in [6.45, 7) is 1.59. The second-order valence-corrected chi connectivity index (χ2v) is 6.95. The summed E-state index contributed by atoms with van der Waals surface area (Å²) in [7, 11) is 0. The van der Waals surface area contributed by atoms with Gasteiger partial charge in [-0.25, -0.2) is 13.6 Å². The average molecular weight is 392 g/mol. The van der Waals surface area contributed by atoms with Crippen LogP contribution in [0.5, 0.6) is 0 Å². The summed E-state index contributed by atoms with van der Waals surface area (Å²) >= 11 is 1.53. The average Bonchev–Trinajstić information content (AvgIpc) is 3.00. The van der Waals surface area contributed by atoms with Crippen molar-refractivity contribution in [2.45, 2.75) is 17.9 Å². The number of carbonyl (C=O) groups is 2. The Morgan fingerprint density at radius 1 is 1.26 bits per heavy atom. The van der Waals surface area contributed by atoms with E-state index in [0.717, 1.165) is 21.9 Å². The van der Waals surface area contributed by atoms with Gasteiger partial charge in [0.15, 0.2) is 0 Å². The highest BCUT2D eigenvalue weighted by atomic mass is 32.2. The van der Waals surface area contributed by atoms with E-state index >= 15 is 0 Å².